The summed E-state index contributed by atoms with van der Waals surface area (Å²) in [5, 5.41) is 0.632. The number of morpholine rings is 1. The van der Waals surface area contributed by atoms with Crippen LogP contribution in [0.4, 0.5) is 5.82 Å². The number of nitrogen functional groups attached to an aromatic ring is 1. The van der Waals surface area contributed by atoms with Crippen molar-refractivity contribution in [3.8, 4) is 11.5 Å². The van der Waals surface area contributed by atoms with Crippen LogP contribution in [0.25, 0.3) is 10.9 Å². The van der Waals surface area contributed by atoms with Crippen LogP contribution in [0.15, 0.2) is 16.9 Å². The molecule has 1 aromatic heterocycles. The maximum Gasteiger partial charge on any atom is 0.347 e. The number of hydrogen-bond donors (Lipinski definition) is 2. The predicted octanol–water partition coefficient (Wildman–Crippen LogP) is 0.615. The molecule has 24 heavy (non-hydrogen) atoms. The Morgan fingerprint density at radius 2 is 2.17 bits per heavy atom. The fraction of sp³-hybridized carbons (Fsp3) is 0.500. The van der Waals surface area contributed by atoms with Crippen LogP contribution in [0.1, 0.15) is 6.42 Å². The zero-order chi connectivity index (χ0) is 16.9. The molecule has 130 valence electrons. The summed E-state index contributed by atoms with van der Waals surface area (Å²) in [6.07, 6.45) is 0.899. The molecule has 0 amide bonds. The van der Waals surface area contributed by atoms with E-state index in [4.69, 9.17) is 19.9 Å². The Kier molecular flexibility index (Phi) is 5.17. The third kappa shape index (κ3) is 3.60. The SMILES string of the molecule is COc1c(OCCCN2CCOCC2)ccc2c(N)nc(=O)[nH]c12. The van der Waals surface area contributed by atoms with Crippen LogP contribution in [0.3, 0.4) is 0 Å². The zero-order valence-electron chi connectivity index (χ0n) is 13.7. The standard InChI is InChI=1S/C16H22N4O4/c1-22-14-12(24-8-2-5-20-6-9-23-10-7-20)4-3-11-13(14)18-16(21)19-15(11)17/h3-4H,2,5-10H2,1H3,(H3,17,18,19,21). The highest BCUT2D eigenvalue weighted by atomic mass is 16.5. The summed E-state index contributed by atoms with van der Waals surface area (Å²) in [4.78, 5) is 20.3. The van der Waals surface area contributed by atoms with Gasteiger partial charge in [0.05, 0.1) is 32.4 Å². The zero-order valence-corrected chi connectivity index (χ0v) is 13.7. The lowest BCUT2D eigenvalue weighted by Gasteiger charge is -2.26. The van der Waals surface area contributed by atoms with Gasteiger partial charge < -0.3 is 24.9 Å². The van der Waals surface area contributed by atoms with Gasteiger partial charge >= 0.3 is 5.69 Å². The molecular formula is C16H22N4O4. The summed E-state index contributed by atoms with van der Waals surface area (Å²) < 4.78 is 16.6. The Morgan fingerprint density at radius 3 is 2.92 bits per heavy atom. The fourth-order valence-corrected chi connectivity index (χ4v) is 2.82. The Labute approximate surface area is 139 Å². The first-order chi connectivity index (χ1) is 11.7. The largest absolute Gasteiger partial charge is 0.491 e. The third-order valence-corrected chi connectivity index (χ3v) is 4.04. The fourth-order valence-electron chi connectivity index (χ4n) is 2.82. The van der Waals surface area contributed by atoms with Gasteiger partial charge in [0.25, 0.3) is 0 Å². The minimum absolute atomic E-state index is 0.172. The number of fused-ring (bicyclic) bond motifs is 1. The van der Waals surface area contributed by atoms with Crippen LogP contribution in [-0.4, -0.2) is 61.4 Å². The van der Waals surface area contributed by atoms with Crippen LogP contribution in [-0.2, 0) is 4.74 Å². The lowest BCUT2D eigenvalue weighted by molar-refractivity contribution is 0.0357. The maximum atomic E-state index is 11.6. The Hall–Kier alpha value is -2.32. The number of aromatic nitrogens is 2. The smallest absolute Gasteiger partial charge is 0.347 e. The number of nitrogens with one attached hydrogen (secondary N) is 1. The van der Waals surface area contributed by atoms with E-state index in [0.717, 1.165) is 39.3 Å². The van der Waals surface area contributed by atoms with E-state index in [2.05, 4.69) is 14.9 Å². The molecular weight excluding hydrogens is 312 g/mol. The van der Waals surface area contributed by atoms with Crippen molar-refractivity contribution in [2.45, 2.75) is 6.42 Å². The molecule has 0 radical (unpaired) electrons. The monoisotopic (exact) mass is 334 g/mol. The first kappa shape index (κ1) is 16.5. The van der Waals surface area contributed by atoms with E-state index < -0.39 is 5.69 Å². The highest BCUT2D eigenvalue weighted by Crippen LogP contribution is 2.35. The van der Waals surface area contributed by atoms with Crippen molar-refractivity contribution in [3.63, 3.8) is 0 Å². The van der Waals surface area contributed by atoms with Crippen LogP contribution < -0.4 is 20.9 Å². The molecule has 0 saturated carbocycles. The van der Waals surface area contributed by atoms with Gasteiger partial charge in [-0.3, -0.25) is 4.90 Å². The summed E-state index contributed by atoms with van der Waals surface area (Å²) in [6.45, 7) is 5.04. The van der Waals surface area contributed by atoms with Crippen molar-refractivity contribution >= 4 is 16.7 Å². The van der Waals surface area contributed by atoms with Crippen molar-refractivity contribution in [1.82, 2.24) is 14.9 Å². The van der Waals surface area contributed by atoms with Gasteiger partial charge in [0, 0.05) is 25.0 Å². The molecule has 1 aromatic carbocycles. The van der Waals surface area contributed by atoms with Crippen LogP contribution >= 0.6 is 0 Å². The van der Waals surface area contributed by atoms with E-state index in [1.54, 1.807) is 12.1 Å². The molecule has 3 N–H and O–H groups in total. The highest BCUT2D eigenvalue weighted by Gasteiger charge is 2.14. The number of anilines is 1. The molecule has 0 spiro atoms. The van der Waals surface area contributed by atoms with Crippen LogP contribution in [0.2, 0.25) is 0 Å². The summed E-state index contributed by atoms with van der Waals surface area (Å²) in [6, 6.07) is 3.56. The molecule has 2 heterocycles. The van der Waals surface area contributed by atoms with E-state index in [1.165, 1.54) is 7.11 Å². The van der Waals surface area contributed by atoms with Gasteiger partial charge in [-0.2, -0.15) is 4.98 Å². The average molecular weight is 334 g/mol. The number of methoxy groups -OCH3 is 1. The number of benzene rings is 1. The molecule has 1 aliphatic rings. The molecule has 0 bridgehead atoms. The lowest BCUT2D eigenvalue weighted by Crippen LogP contribution is -2.37. The minimum atomic E-state index is -0.511. The van der Waals surface area contributed by atoms with Crippen molar-refractivity contribution < 1.29 is 14.2 Å². The topological polar surface area (TPSA) is 103 Å². The number of ether oxygens (including phenoxy) is 3. The second-order valence-corrected chi connectivity index (χ2v) is 5.60. The van der Waals surface area contributed by atoms with E-state index in [0.29, 0.717) is 29.0 Å². The van der Waals surface area contributed by atoms with E-state index >= 15 is 0 Å². The van der Waals surface area contributed by atoms with Gasteiger partial charge in [-0.1, -0.05) is 0 Å². The molecule has 8 nitrogen and oxygen atoms in total. The first-order valence-electron chi connectivity index (χ1n) is 7.98. The summed E-state index contributed by atoms with van der Waals surface area (Å²) in [5.41, 5.74) is 5.78. The van der Waals surface area contributed by atoms with Gasteiger partial charge in [-0.05, 0) is 18.6 Å². The van der Waals surface area contributed by atoms with Crippen molar-refractivity contribution in [2.75, 3.05) is 52.3 Å². The Bertz CT molecular complexity index is 756. The first-order valence-corrected chi connectivity index (χ1v) is 7.98. The molecule has 0 unspecified atom stereocenters. The summed E-state index contributed by atoms with van der Waals surface area (Å²) >= 11 is 0. The summed E-state index contributed by atoms with van der Waals surface area (Å²) in [5.74, 6) is 1.21. The van der Waals surface area contributed by atoms with Crippen molar-refractivity contribution in [3.05, 3.63) is 22.6 Å². The second kappa shape index (κ2) is 7.50. The van der Waals surface area contributed by atoms with Crippen molar-refractivity contribution in [2.24, 2.45) is 0 Å². The molecule has 2 aromatic rings. The molecule has 1 saturated heterocycles. The minimum Gasteiger partial charge on any atom is -0.491 e. The average Bonchev–Trinajstić information content (AvgIpc) is 2.59. The molecule has 1 fully saturated rings. The van der Waals surface area contributed by atoms with E-state index in [1.807, 2.05) is 0 Å². The Morgan fingerprint density at radius 1 is 1.38 bits per heavy atom. The van der Waals surface area contributed by atoms with Gasteiger partial charge in [0.2, 0.25) is 0 Å². The van der Waals surface area contributed by atoms with Crippen LogP contribution in [0.5, 0.6) is 11.5 Å². The van der Waals surface area contributed by atoms with Crippen molar-refractivity contribution in [1.29, 1.82) is 0 Å². The highest BCUT2D eigenvalue weighted by molar-refractivity contribution is 5.93. The molecule has 8 heteroatoms. The maximum absolute atomic E-state index is 11.6. The van der Waals surface area contributed by atoms with E-state index in [9.17, 15) is 4.79 Å². The summed E-state index contributed by atoms with van der Waals surface area (Å²) in [7, 11) is 1.53. The van der Waals surface area contributed by atoms with E-state index in [-0.39, 0.29) is 5.82 Å². The third-order valence-electron chi connectivity index (χ3n) is 4.04. The Balaban J connectivity index is 1.69. The number of aromatic amines is 1. The lowest BCUT2D eigenvalue weighted by atomic mass is 10.2. The number of H-pyrrole nitrogens is 1. The van der Waals surface area contributed by atoms with Gasteiger partial charge in [0.1, 0.15) is 5.82 Å². The number of rotatable bonds is 6. The normalized spacial score (nSPS) is 15.5. The molecule has 0 atom stereocenters. The second-order valence-electron chi connectivity index (χ2n) is 5.60. The number of nitrogens with zero attached hydrogens (tertiary/aromatic N) is 2. The van der Waals surface area contributed by atoms with Gasteiger partial charge in [-0.15, -0.1) is 0 Å². The van der Waals surface area contributed by atoms with Crippen LogP contribution in [0, 0.1) is 0 Å². The number of nitrogens with two attached hydrogens (primary N) is 1. The predicted molar refractivity (Wildman–Crippen MR) is 90.7 cm³/mol. The number of hydrogen-bond acceptors (Lipinski definition) is 7. The molecule has 0 aliphatic carbocycles. The van der Waals surface area contributed by atoms with Gasteiger partial charge in [-0.25, -0.2) is 4.79 Å². The van der Waals surface area contributed by atoms with Gasteiger partial charge in [0.15, 0.2) is 11.5 Å². The molecule has 3 rings (SSSR count). The molecule has 1 aliphatic heterocycles. The quantitative estimate of drug-likeness (QED) is 0.746.